The number of nitrogens with two attached hydrogens (primary N) is 1. The number of nitrogens with zero attached hydrogens (tertiary/aromatic N) is 1. The zero-order chi connectivity index (χ0) is 13.7. The van der Waals surface area contributed by atoms with Crippen molar-refractivity contribution >= 4 is 34.5 Å². The Hall–Kier alpha value is -0.840. The molecule has 5 heteroatoms. The summed E-state index contributed by atoms with van der Waals surface area (Å²) in [6, 6.07) is 5.56. The van der Waals surface area contributed by atoms with Crippen molar-refractivity contribution < 1.29 is 0 Å². The van der Waals surface area contributed by atoms with E-state index in [4.69, 9.17) is 29.6 Å². The average molecular weight is 298 g/mol. The summed E-state index contributed by atoms with van der Waals surface area (Å²) >= 11 is 11.1. The van der Waals surface area contributed by atoms with Crippen LogP contribution in [0.2, 0.25) is 5.02 Å². The second-order valence-corrected chi connectivity index (χ2v) is 5.76. The van der Waals surface area contributed by atoms with E-state index < -0.39 is 0 Å². The van der Waals surface area contributed by atoms with Crippen LogP contribution in [0.15, 0.2) is 18.2 Å². The van der Waals surface area contributed by atoms with Crippen LogP contribution in [0.25, 0.3) is 0 Å². The first-order valence-corrected chi connectivity index (χ1v) is 7.51. The van der Waals surface area contributed by atoms with Crippen molar-refractivity contribution in [3.63, 3.8) is 0 Å². The number of anilines is 1. The van der Waals surface area contributed by atoms with Gasteiger partial charge in [-0.1, -0.05) is 30.2 Å². The molecule has 19 heavy (non-hydrogen) atoms. The summed E-state index contributed by atoms with van der Waals surface area (Å²) in [4.78, 5) is 2.89. The minimum absolute atomic E-state index is 0.400. The molecule has 0 spiro atoms. The standard InChI is InChI=1S/C14H20ClN3S/c15-11-4-5-12(14(16)19)13(10-11)17-6-9-18-7-2-1-3-8-18/h4-5,10,17H,1-3,6-9H2,(H2,16,19). The Balaban J connectivity index is 1.91. The van der Waals surface area contributed by atoms with Gasteiger partial charge >= 0.3 is 0 Å². The second-order valence-electron chi connectivity index (χ2n) is 4.88. The summed E-state index contributed by atoms with van der Waals surface area (Å²) < 4.78 is 0. The fraction of sp³-hybridized carbons (Fsp3) is 0.500. The van der Waals surface area contributed by atoms with Crippen molar-refractivity contribution in [1.29, 1.82) is 0 Å². The fourth-order valence-electron chi connectivity index (χ4n) is 2.41. The van der Waals surface area contributed by atoms with Gasteiger partial charge < -0.3 is 16.0 Å². The molecule has 1 aromatic carbocycles. The van der Waals surface area contributed by atoms with Gasteiger partial charge in [0.25, 0.3) is 0 Å². The number of thiocarbonyl (C=S) groups is 1. The minimum atomic E-state index is 0.400. The number of piperidine rings is 1. The lowest BCUT2D eigenvalue weighted by Gasteiger charge is -2.26. The lowest BCUT2D eigenvalue weighted by atomic mass is 10.1. The lowest BCUT2D eigenvalue weighted by Crippen LogP contribution is -2.33. The quantitative estimate of drug-likeness (QED) is 0.820. The molecule has 0 unspecified atom stereocenters. The topological polar surface area (TPSA) is 41.3 Å². The molecule has 1 heterocycles. The van der Waals surface area contributed by atoms with Gasteiger partial charge in [0.2, 0.25) is 0 Å². The highest BCUT2D eigenvalue weighted by Crippen LogP contribution is 2.21. The Kier molecular flexibility index (Phi) is 5.43. The first kappa shape index (κ1) is 14.6. The third-order valence-corrected chi connectivity index (χ3v) is 3.89. The number of benzene rings is 1. The Morgan fingerprint density at radius 2 is 2.05 bits per heavy atom. The zero-order valence-electron chi connectivity index (χ0n) is 11.0. The SMILES string of the molecule is NC(=S)c1ccc(Cl)cc1NCCN1CCCCC1. The molecule has 0 amide bonds. The van der Waals surface area contributed by atoms with Crippen molar-refractivity contribution in [1.82, 2.24) is 4.90 Å². The van der Waals surface area contributed by atoms with E-state index in [-0.39, 0.29) is 0 Å². The normalized spacial score (nSPS) is 16.3. The number of likely N-dealkylation sites (tertiary alicyclic amines) is 1. The predicted octanol–water partition coefficient (Wildman–Crippen LogP) is 2.87. The number of hydrogen-bond acceptors (Lipinski definition) is 3. The van der Waals surface area contributed by atoms with Gasteiger partial charge in [-0.05, 0) is 44.1 Å². The van der Waals surface area contributed by atoms with E-state index >= 15 is 0 Å². The van der Waals surface area contributed by atoms with Crippen molar-refractivity contribution in [3.05, 3.63) is 28.8 Å². The van der Waals surface area contributed by atoms with E-state index in [0.717, 1.165) is 24.3 Å². The monoisotopic (exact) mass is 297 g/mol. The summed E-state index contributed by atoms with van der Waals surface area (Å²) in [6.07, 6.45) is 3.99. The largest absolute Gasteiger partial charge is 0.389 e. The van der Waals surface area contributed by atoms with Crippen molar-refractivity contribution in [3.8, 4) is 0 Å². The summed E-state index contributed by atoms with van der Waals surface area (Å²) in [5.41, 5.74) is 7.50. The molecule has 104 valence electrons. The van der Waals surface area contributed by atoms with Crippen LogP contribution < -0.4 is 11.1 Å². The van der Waals surface area contributed by atoms with E-state index in [1.54, 1.807) is 0 Å². The van der Waals surface area contributed by atoms with Gasteiger partial charge in [0.1, 0.15) is 4.99 Å². The molecular formula is C14H20ClN3S. The fourth-order valence-corrected chi connectivity index (χ4v) is 2.76. The summed E-state index contributed by atoms with van der Waals surface area (Å²) in [5.74, 6) is 0. The molecule has 0 atom stereocenters. The molecule has 1 saturated heterocycles. The maximum Gasteiger partial charge on any atom is 0.106 e. The van der Waals surface area contributed by atoms with Crippen LogP contribution in [-0.4, -0.2) is 36.1 Å². The first-order chi connectivity index (χ1) is 9.16. The van der Waals surface area contributed by atoms with Gasteiger partial charge in [-0.25, -0.2) is 0 Å². The number of hydrogen-bond donors (Lipinski definition) is 2. The summed E-state index contributed by atoms with van der Waals surface area (Å²) in [5, 5.41) is 4.08. The van der Waals surface area contributed by atoms with E-state index in [0.29, 0.717) is 10.0 Å². The lowest BCUT2D eigenvalue weighted by molar-refractivity contribution is 0.237. The Bertz CT molecular complexity index is 444. The van der Waals surface area contributed by atoms with Crippen LogP contribution in [0.4, 0.5) is 5.69 Å². The van der Waals surface area contributed by atoms with Crippen LogP contribution in [0.1, 0.15) is 24.8 Å². The van der Waals surface area contributed by atoms with Crippen molar-refractivity contribution in [2.45, 2.75) is 19.3 Å². The molecule has 0 aliphatic carbocycles. The van der Waals surface area contributed by atoms with E-state index in [9.17, 15) is 0 Å². The highest BCUT2D eigenvalue weighted by molar-refractivity contribution is 7.80. The number of halogens is 1. The first-order valence-electron chi connectivity index (χ1n) is 6.72. The van der Waals surface area contributed by atoms with Gasteiger partial charge in [0.05, 0.1) is 0 Å². The number of rotatable bonds is 5. The summed E-state index contributed by atoms with van der Waals surface area (Å²) in [7, 11) is 0. The van der Waals surface area contributed by atoms with Crippen LogP contribution in [0, 0.1) is 0 Å². The highest BCUT2D eigenvalue weighted by atomic mass is 35.5. The second kappa shape index (κ2) is 7.08. The molecule has 3 nitrogen and oxygen atoms in total. The maximum atomic E-state index is 6.01. The molecule has 1 aliphatic rings. The molecule has 0 bridgehead atoms. The van der Waals surface area contributed by atoms with E-state index in [2.05, 4.69) is 10.2 Å². The maximum absolute atomic E-state index is 6.01. The summed E-state index contributed by atoms with van der Waals surface area (Å²) in [6.45, 7) is 4.35. The van der Waals surface area contributed by atoms with Crippen LogP contribution in [0.3, 0.4) is 0 Å². The van der Waals surface area contributed by atoms with Crippen LogP contribution in [-0.2, 0) is 0 Å². The Morgan fingerprint density at radius 3 is 2.74 bits per heavy atom. The smallest absolute Gasteiger partial charge is 0.106 e. The van der Waals surface area contributed by atoms with Crippen molar-refractivity contribution in [2.24, 2.45) is 5.73 Å². The molecular weight excluding hydrogens is 278 g/mol. The Labute approximate surface area is 125 Å². The van der Waals surface area contributed by atoms with Gasteiger partial charge in [-0.3, -0.25) is 0 Å². The molecule has 3 N–H and O–H groups in total. The molecule has 0 aromatic heterocycles. The van der Waals surface area contributed by atoms with Gasteiger partial charge in [0, 0.05) is 29.4 Å². The molecule has 1 aliphatic heterocycles. The van der Waals surface area contributed by atoms with E-state index in [1.165, 1.54) is 32.4 Å². The zero-order valence-corrected chi connectivity index (χ0v) is 12.6. The molecule has 2 rings (SSSR count). The minimum Gasteiger partial charge on any atom is -0.389 e. The van der Waals surface area contributed by atoms with Crippen LogP contribution >= 0.6 is 23.8 Å². The molecule has 0 saturated carbocycles. The Morgan fingerprint density at radius 1 is 1.32 bits per heavy atom. The third-order valence-electron chi connectivity index (χ3n) is 3.44. The third kappa shape index (κ3) is 4.34. The highest BCUT2D eigenvalue weighted by Gasteiger charge is 2.10. The molecule has 1 fully saturated rings. The predicted molar refractivity (Wildman–Crippen MR) is 86.1 cm³/mol. The van der Waals surface area contributed by atoms with Gasteiger partial charge in [0.15, 0.2) is 0 Å². The van der Waals surface area contributed by atoms with E-state index in [1.807, 2.05) is 18.2 Å². The average Bonchev–Trinajstić information content (AvgIpc) is 2.39. The number of nitrogens with one attached hydrogen (secondary N) is 1. The molecule has 0 radical (unpaired) electrons. The van der Waals surface area contributed by atoms with Gasteiger partial charge in [-0.15, -0.1) is 0 Å². The van der Waals surface area contributed by atoms with Crippen LogP contribution in [0.5, 0.6) is 0 Å². The van der Waals surface area contributed by atoms with Gasteiger partial charge in [-0.2, -0.15) is 0 Å². The van der Waals surface area contributed by atoms with Crippen molar-refractivity contribution in [2.75, 3.05) is 31.5 Å². The molecule has 1 aromatic rings.